The van der Waals surface area contributed by atoms with Gasteiger partial charge in [-0.25, -0.2) is 9.59 Å². The van der Waals surface area contributed by atoms with Gasteiger partial charge in [-0.2, -0.15) is 11.3 Å². The van der Waals surface area contributed by atoms with Crippen molar-refractivity contribution in [1.82, 2.24) is 9.80 Å². The molecule has 3 fully saturated rings. The van der Waals surface area contributed by atoms with Gasteiger partial charge in [-0.3, -0.25) is 29.5 Å². The highest BCUT2D eigenvalue weighted by Gasteiger charge is 2.57. The zero-order chi connectivity index (χ0) is 32.1. The Labute approximate surface area is 275 Å². The van der Waals surface area contributed by atoms with Crippen LogP contribution in [0.1, 0.15) is 25.3 Å². The van der Waals surface area contributed by atoms with Crippen LogP contribution in [-0.2, 0) is 35.2 Å². The number of non-ortho nitro benzene ring substituents is 1. The van der Waals surface area contributed by atoms with E-state index < -0.39 is 39.4 Å². The molecule has 2 aliphatic heterocycles. The maximum absolute atomic E-state index is 14.1. The summed E-state index contributed by atoms with van der Waals surface area (Å²) in [5.41, 5.74) is 1.29. The standard InChI is InChI=1S/C29H31BrN4O9S2/c1-18(35)32(22-8-13-44-17-22)25-26(36)33(27(25)45-29(38)43-16-19-2-3-19)24(23(14-30)31-9-11-41-12-10-31)28(37)42-15-20-4-6-21(7-5-20)34(39)40/h4-8,13,17,19,25,27H,2-3,9-12,14-16H2,1H3. The summed E-state index contributed by atoms with van der Waals surface area (Å²) in [6.07, 6.45) is 1.96. The molecule has 0 radical (unpaired) electrons. The van der Waals surface area contributed by atoms with Crippen molar-refractivity contribution in [2.45, 2.75) is 37.8 Å². The molecule has 0 N–H and O–H groups in total. The number of alkyl halides is 1. The van der Waals surface area contributed by atoms with E-state index in [4.69, 9.17) is 14.2 Å². The van der Waals surface area contributed by atoms with Crippen LogP contribution in [0.3, 0.4) is 0 Å². The molecule has 2 amide bonds. The van der Waals surface area contributed by atoms with Crippen molar-refractivity contribution in [2.24, 2.45) is 5.92 Å². The van der Waals surface area contributed by atoms with Crippen LogP contribution in [-0.4, -0.2) is 87.5 Å². The molecule has 5 rings (SSSR count). The topological polar surface area (TPSA) is 149 Å². The number of benzene rings is 1. The normalized spacial score (nSPS) is 20.2. The molecule has 0 spiro atoms. The number of thiophene rings is 1. The molecule has 2 unspecified atom stereocenters. The van der Waals surface area contributed by atoms with Crippen molar-refractivity contribution in [3.05, 3.63) is 68.2 Å². The minimum atomic E-state index is -1.09. The fourth-order valence-electron chi connectivity index (χ4n) is 4.99. The van der Waals surface area contributed by atoms with Gasteiger partial charge in [0, 0.05) is 42.9 Å². The van der Waals surface area contributed by atoms with E-state index in [0.29, 0.717) is 49.2 Å². The first-order valence-electron chi connectivity index (χ1n) is 14.2. The number of nitro benzene ring substituents is 1. The van der Waals surface area contributed by atoms with Crippen LogP contribution < -0.4 is 4.90 Å². The van der Waals surface area contributed by atoms with Crippen molar-refractivity contribution >= 4 is 73.5 Å². The molecule has 2 saturated heterocycles. The number of allylic oxidation sites excluding steroid dienone is 1. The number of anilines is 1. The van der Waals surface area contributed by atoms with Gasteiger partial charge in [0.2, 0.25) is 5.91 Å². The van der Waals surface area contributed by atoms with E-state index in [1.807, 2.05) is 4.90 Å². The van der Waals surface area contributed by atoms with E-state index in [2.05, 4.69) is 15.9 Å². The van der Waals surface area contributed by atoms with Crippen LogP contribution in [0.2, 0.25) is 0 Å². The maximum Gasteiger partial charge on any atom is 0.369 e. The predicted molar refractivity (Wildman–Crippen MR) is 170 cm³/mol. The quantitative estimate of drug-likeness (QED) is 0.0761. The summed E-state index contributed by atoms with van der Waals surface area (Å²) in [6.45, 7) is 3.08. The van der Waals surface area contributed by atoms with Gasteiger partial charge < -0.3 is 19.1 Å². The second-order valence-corrected chi connectivity index (χ2v) is 13.0. The zero-order valence-electron chi connectivity index (χ0n) is 24.3. The number of hydrogen-bond donors (Lipinski definition) is 0. The number of amides is 2. The highest BCUT2D eigenvalue weighted by atomic mass is 79.9. The van der Waals surface area contributed by atoms with Crippen LogP contribution in [0.15, 0.2) is 52.5 Å². The lowest BCUT2D eigenvalue weighted by molar-refractivity contribution is -0.384. The molecule has 240 valence electrons. The number of nitrogens with zero attached hydrogens (tertiary/aromatic N) is 4. The third-order valence-corrected chi connectivity index (χ3v) is 9.73. The summed E-state index contributed by atoms with van der Waals surface area (Å²) < 4.78 is 16.7. The van der Waals surface area contributed by atoms with Gasteiger partial charge in [0.25, 0.3) is 11.6 Å². The number of hydrogen-bond acceptors (Lipinski definition) is 12. The van der Waals surface area contributed by atoms with Gasteiger partial charge in [-0.1, -0.05) is 15.9 Å². The number of esters is 1. The van der Waals surface area contributed by atoms with Crippen molar-refractivity contribution in [3.8, 4) is 0 Å². The summed E-state index contributed by atoms with van der Waals surface area (Å²) in [6, 6.07) is 6.20. The molecule has 3 aliphatic rings. The summed E-state index contributed by atoms with van der Waals surface area (Å²) >= 11 is 5.59. The lowest BCUT2D eigenvalue weighted by atomic mass is 10.0. The largest absolute Gasteiger partial charge is 0.457 e. The molecule has 3 heterocycles. The Morgan fingerprint density at radius 2 is 1.87 bits per heavy atom. The minimum absolute atomic E-state index is 0.0711. The number of carbonyl (C=O) groups excluding carboxylic acids is 4. The van der Waals surface area contributed by atoms with Gasteiger partial charge in [0.15, 0.2) is 5.70 Å². The molecular weight excluding hydrogens is 692 g/mol. The number of carbonyl (C=O) groups is 4. The first-order valence-corrected chi connectivity index (χ1v) is 17.1. The summed E-state index contributed by atoms with van der Waals surface area (Å²) in [5.74, 6) is -1.47. The number of likely N-dealkylation sites (tertiary alicyclic amines) is 1. The Morgan fingerprint density at radius 1 is 1.16 bits per heavy atom. The van der Waals surface area contributed by atoms with E-state index >= 15 is 0 Å². The first-order chi connectivity index (χ1) is 21.7. The van der Waals surface area contributed by atoms with E-state index in [9.17, 15) is 29.3 Å². The lowest BCUT2D eigenvalue weighted by Gasteiger charge is -2.50. The van der Waals surface area contributed by atoms with E-state index in [1.165, 1.54) is 52.3 Å². The van der Waals surface area contributed by atoms with Gasteiger partial charge >= 0.3 is 11.3 Å². The fourth-order valence-corrected chi connectivity index (χ4v) is 7.26. The van der Waals surface area contributed by atoms with Crippen LogP contribution in [0.5, 0.6) is 0 Å². The van der Waals surface area contributed by atoms with Crippen molar-refractivity contribution < 1.29 is 38.3 Å². The molecule has 0 bridgehead atoms. The van der Waals surface area contributed by atoms with E-state index in [1.54, 1.807) is 16.8 Å². The molecule has 1 aliphatic carbocycles. The van der Waals surface area contributed by atoms with E-state index in [0.717, 1.165) is 24.6 Å². The average molecular weight is 724 g/mol. The Hall–Kier alpha value is -3.47. The second kappa shape index (κ2) is 14.7. The van der Waals surface area contributed by atoms with Crippen LogP contribution in [0, 0.1) is 16.0 Å². The predicted octanol–water partition coefficient (Wildman–Crippen LogP) is 4.51. The third-order valence-electron chi connectivity index (χ3n) is 7.51. The Kier molecular flexibility index (Phi) is 10.8. The molecule has 2 atom stereocenters. The van der Waals surface area contributed by atoms with Crippen molar-refractivity contribution in [3.63, 3.8) is 0 Å². The number of morpholine rings is 1. The summed E-state index contributed by atoms with van der Waals surface area (Å²) in [4.78, 5) is 69.0. The minimum Gasteiger partial charge on any atom is -0.457 e. The molecule has 16 heteroatoms. The van der Waals surface area contributed by atoms with Crippen LogP contribution in [0.4, 0.5) is 16.2 Å². The number of β-lactam (4-membered cyclic amide) rings is 1. The van der Waals surface area contributed by atoms with Gasteiger partial charge in [-0.05, 0) is 59.7 Å². The molecule has 1 aromatic carbocycles. The highest BCUT2D eigenvalue weighted by Crippen LogP contribution is 2.42. The van der Waals surface area contributed by atoms with Crippen molar-refractivity contribution in [2.75, 3.05) is 43.1 Å². The second-order valence-electron chi connectivity index (χ2n) is 10.6. The monoisotopic (exact) mass is 722 g/mol. The molecule has 45 heavy (non-hydrogen) atoms. The maximum atomic E-state index is 14.1. The molecule has 13 nitrogen and oxygen atoms in total. The van der Waals surface area contributed by atoms with Gasteiger partial charge in [0.1, 0.15) is 18.0 Å². The molecular formula is C29H31BrN4O9S2. The summed E-state index contributed by atoms with van der Waals surface area (Å²) in [5, 5.41) is 13.1. The van der Waals surface area contributed by atoms with Crippen LogP contribution >= 0.6 is 39.0 Å². The number of ether oxygens (including phenoxy) is 3. The lowest BCUT2D eigenvalue weighted by Crippen LogP contribution is -2.71. The van der Waals surface area contributed by atoms with Gasteiger partial charge in [-0.15, -0.1) is 0 Å². The number of rotatable bonds is 12. The Bertz CT molecular complexity index is 1460. The average Bonchev–Trinajstić information content (AvgIpc) is 3.72. The highest BCUT2D eigenvalue weighted by molar-refractivity contribution is 9.09. The number of thioether (sulfide) groups is 1. The van der Waals surface area contributed by atoms with Gasteiger partial charge in [0.05, 0.1) is 36.1 Å². The Morgan fingerprint density at radius 3 is 2.44 bits per heavy atom. The van der Waals surface area contributed by atoms with E-state index in [-0.39, 0.29) is 29.9 Å². The molecule has 1 aromatic heterocycles. The number of halogens is 1. The number of nitro groups is 1. The summed E-state index contributed by atoms with van der Waals surface area (Å²) in [7, 11) is 0. The Balaban J connectivity index is 1.49. The fraction of sp³-hybridized carbons (Fsp3) is 0.448. The zero-order valence-corrected chi connectivity index (χ0v) is 27.5. The SMILES string of the molecule is CC(=O)N(c1ccsc1)C1C(=O)N(C(C(=O)OCc2ccc([N+](=O)[O-])cc2)=C(CBr)N2CCOCC2)C1SC(=O)OCC1CC1. The first kappa shape index (κ1) is 32.9. The smallest absolute Gasteiger partial charge is 0.369 e. The van der Waals surface area contributed by atoms with Crippen LogP contribution in [0.25, 0.3) is 0 Å². The van der Waals surface area contributed by atoms with Crippen molar-refractivity contribution in [1.29, 1.82) is 0 Å². The molecule has 1 saturated carbocycles. The third kappa shape index (κ3) is 7.68. The molecule has 2 aromatic rings.